The molecule has 112 valence electrons. The lowest BCUT2D eigenvalue weighted by atomic mass is 10.1. The van der Waals surface area contributed by atoms with Crippen LogP contribution in [0, 0.1) is 5.82 Å². The third-order valence-electron chi connectivity index (χ3n) is 3.06. The number of rotatable bonds is 4. The number of nitrogens with one attached hydrogen (secondary N) is 1. The quantitative estimate of drug-likeness (QED) is 0.683. The number of carbonyl (C=O) groups excluding carboxylic acids is 1. The van der Waals surface area contributed by atoms with Gasteiger partial charge in [0.05, 0.1) is 10.7 Å². The smallest absolute Gasteiger partial charge is 0.231 e. The Hall–Kier alpha value is -2.53. The Morgan fingerprint density at radius 2 is 2.00 bits per heavy atom. The second-order valence-electron chi connectivity index (χ2n) is 4.53. The first kappa shape index (κ1) is 14.4. The second kappa shape index (κ2) is 6.07. The molecule has 0 bridgehead atoms. The minimum atomic E-state index is -0.414. The van der Waals surface area contributed by atoms with Gasteiger partial charge in [-0.3, -0.25) is 4.79 Å². The van der Waals surface area contributed by atoms with Crippen LogP contribution in [0.1, 0.15) is 10.4 Å². The van der Waals surface area contributed by atoms with Crippen LogP contribution < -0.4 is 14.8 Å². The summed E-state index contributed by atoms with van der Waals surface area (Å²) < 4.78 is 23.5. The van der Waals surface area contributed by atoms with Gasteiger partial charge in [-0.1, -0.05) is 11.6 Å². The summed E-state index contributed by atoms with van der Waals surface area (Å²) in [5, 5.41) is 3.14. The van der Waals surface area contributed by atoms with E-state index in [1.807, 2.05) is 0 Å². The zero-order valence-corrected chi connectivity index (χ0v) is 12.1. The van der Waals surface area contributed by atoms with Crippen LogP contribution in [0.3, 0.4) is 0 Å². The highest BCUT2D eigenvalue weighted by Crippen LogP contribution is 2.32. The largest absolute Gasteiger partial charge is 0.454 e. The number of hydrogen-bond donors (Lipinski definition) is 1. The molecule has 1 N–H and O–H groups in total. The Morgan fingerprint density at radius 3 is 2.86 bits per heavy atom. The molecule has 6 heteroatoms. The fourth-order valence-electron chi connectivity index (χ4n) is 1.96. The summed E-state index contributed by atoms with van der Waals surface area (Å²) in [5.41, 5.74) is 0.851. The highest BCUT2D eigenvalue weighted by Gasteiger charge is 2.15. The predicted octanol–water partition coefficient (Wildman–Crippen LogP) is 4.02. The van der Waals surface area contributed by atoms with Gasteiger partial charge in [-0.15, -0.1) is 0 Å². The number of allylic oxidation sites excluding steroid dienone is 1. The summed E-state index contributed by atoms with van der Waals surface area (Å²) in [6, 6.07) is 8.89. The molecule has 4 nitrogen and oxygen atoms in total. The second-order valence-corrected chi connectivity index (χ2v) is 4.94. The Bertz CT molecular complexity index is 761. The van der Waals surface area contributed by atoms with Gasteiger partial charge < -0.3 is 14.8 Å². The van der Waals surface area contributed by atoms with E-state index in [-0.39, 0.29) is 12.6 Å². The normalized spacial score (nSPS) is 12.6. The van der Waals surface area contributed by atoms with E-state index in [9.17, 15) is 9.18 Å². The SMILES string of the molecule is O=C(/C=C/Nc1cc(F)ccc1Cl)c1ccc2c(c1)OCO2. The summed E-state index contributed by atoms with van der Waals surface area (Å²) in [7, 11) is 0. The fourth-order valence-corrected chi connectivity index (χ4v) is 2.13. The molecule has 0 unspecified atom stereocenters. The maximum absolute atomic E-state index is 13.1. The fraction of sp³-hybridized carbons (Fsp3) is 0.0625. The molecular weight excluding hydrogens is 309 g/mol. The van der Waals surface area contributed by atoms with Crippen LogP contribution in [0.25, 0.3) is 0 Å². The number of anilines is 1. The maximum atomic E-state index is 13.1. The molecular formula is C16H11ClFNO3. The van der Waals surface area contributed by atoms with Gasteiger partial charge in [-0.25, -0.2) is 4.39 Å². The summed E-state index contributed by atoms with van der Waals surface area (Å²) in [4.78, 5) is 12.1. The van der Waals surface area contributed by atoms with E-state index >= 15 is 0 Å². The van der Waals surface area contributed by atoms with Crippen molar-refractivity contribution in [2.45, 2.75) is 0 Å². The summed E-state index contributed by atoms with van der Waals surface area (Å²) in [6.07, 6.45) is 2.74. The standard InChI is InChI=1S/C16H11ClFNO3/c17-12-3-2-11(18)8-13(12)19-6-5-14(20)10-1-4-15-16(7-10)22-9-21-15/h1-8,19H,9H2/b6-5+. The van der Waals surface area contributed by atoms with E-state index in [1.54, 1.807) is 18.2 Å². The molecule has 1 aliphatic rings. The van der Waals surface area contributed by atoms with Crippen molar-refractivity contribution in [2.75, 3.05) is 12.1 Å². The van der Waals surface area contributed by atoms with E-state index < -0.39 is 5.82 Å². The Morgan fingerprint density at radius 1 is 1.18 bits per heavy atom. The van der Waals surface area contributed by atoms with Gasteiger partial charge in [0.15, 0.2) is 17.3 Å². The monoisotopic (exact) mass is 319 g/mol. The van der Waals surface area contributed by atoms with E-state index in [0.717, 1.165) is 0 Å². The predicted molar refractivity (Wildman–Crippen MR) is 81.1 cm³/mol. The van der Waals surface area contributed by atoms with Crippen LogP contribution >= 0.6 is 11.6 Å². The maximum Gasteiger partial charge on any atom is 0.231 e. The topological polar surface area (TPSA) is 47.6 Å². The van der Waals surface area contributed by atoms with Crippen molar-refractivity contribution in [3.05, 3.63) is 65.1 Å². The van der Waals surface area contributed by atoms with Gasteiger partial charge >= 0.3 is 0 Å². The first-order valence-electron chi connectivity index (χ1n) is 6.45. The first-order valence-corrected chi connectivity index (χ1v) is 6.83. The van der Waals surface area contributed by atoms with E-state index in [2.05, 4.69) is 5.32 Å². The van der Waals surface area contributed by atoms with Crippen LogP contribution in [0.4, 0.5) is 10.1 Å². The summed E-state index contributed by atoms with van der Waals surface area (Å²) >= 11 is 5.91. The van der Waals surface area contributed by atoms with Gasteiger partial charge in [0.2, 0.25) is 6.79 Å². The zero-order chi connectivity index (χ0) is 15.5. The molecule has 0 atom stereocenters. The van der Waals surface area contributed by atoms with Crippen molar-refractivity contribution in [3.63, 3.8) is 0 Å². The van der Waals surface area contributed by atoms with Crippen LogP contribution in [-0.4, -0.2) is 12.6 Å². The number of carbonyl (C=O) groups is 1. The molecule has 1 heterocycles. The van der Waals surface area contributed by atoms with E-state index in [0.29, 0.717) is 27.8 Å². The zero-order valence-electron chi connectivity index (χ0n) is 11.3. The number of ketones is 1. The highest BCUT2D eigenvalue weighted by molar-refractivity contribution is 6.33. The van der Waals surface area contributed by atoms with Crippen molar-refractivity contribution in [1.82, 2.24) is 0 Å². The van der Waals surface area contributed by atoms with Crippen molar-refractivity contribution >= 4 is 23.1 Å². The number of ether oxygens (including phenoxy) is 2. The number of hydrogen-bond acceptors (Lipinski definition) is 4. The summed E-state index contributed by atoms with van der Waals surface area (Å²) in [6.45, 7) is 0.155. The molecule has 2 aromatic carbocycles. The average Bonchev–Trinajstić information content (AvgIpc) is 2.98. The molecule has 0 radical (unpaired) electrons. The molecule has 2 aromatic rings. The van der Waals surface area contributed by atoms with Gasteiger partial charge in [0.1, 0.15) is 5.82 Å². The lowest BCUT2D eigenvalue weighted by molar-refractivity contribution is 0.104. The lowest BCUT2D eigenvalue weighted by Crippen LogP contribution is -1.97. The van der Waals surface area contributed by atoms with Crippen LogP contribution in [-0.2, 0) is 0 Å². The Balaban J connectivity index is 1.70. The average molecular weight is 320 g/mol. The van der Waals surface area contributed by atoms with Gasteiger partial charge in [-0.2, -0.15) is 0 Å². The molecule has 0 aromatic heterocycles. The van der Waals surface area contributed by atoms with Crippen LogP contribution in [0.15, 0.2) is 48.7 Å². The minimum Gasteiger partial charge on any atom is -0.454 e. The Labute approximate surface area is 131 Å². The molecule has 0 fully saturated rings. The number of benzene rings is 2. The van der Waals surface area contributed by atoms with Crippen molar-refractivity contribution in [3.8, 4) is 11.5 Å². The Kier molecular flexibility index (Phi) is 3.98. The molecule has 0 spiro atoms. The molecule has 0 saturated carbocycles. The third kappa shape index (κ3) is 3.04. The van der Waals surface area contributed by atoms with Gasteiger partial charge in [-0.05, 0) is 36.4 Å². The van der Waals surface area contributed by atoms with E-state index in [1.165, 1.54) is 30.5 Å². The van der Waals surface area contributed by atoms with Crippen LogP contribution in [0.2, 0.25) is 5.02 Å². The molecule has 0 saturated heterocycles. The van der Waals surface area contributed by atoms with Crippen LogP contribution in [0.5, 0.6) is 11.5 Å². The molecule has 22 heavy (non-hydrogen) atoms. The molecule has 0 aliphatic carbocycles. The van der Waals surface area contributed by atoms with Crippen molar-refractivity contribution in [1.29, 1.82) is 0 Å². The van der Waals surface area contributed by atoms with Crippen molar-refractivity contribution < 1.29 is 18.7 Å². The minimum absolute atomic E-state index is 0.155. The lowest BCUT2D eigenvalue weighted by Gasteiger charge is -2.03. The molecule has 3 rings (SSSR count). The summed E-state index contributed by atoms with van der Waals surface area (Å²) in [5.74, 6) is 0.520. The molecule has 0 amide bonds. The highest BCUT2D eigenvalue weighted by atomic mass is 35.5. The third-order valence-corrected chi connectivity index (χ3v) is 3.39. The number of halogens is 2. The van der Waals surface area contributed by atoms with Crippen molar-refractivity contribution in [2.24, 2.45) is 0 Å². The number of fused-ring (bicyclic) bond motifs is 1. The first-order chi connectivity index (χ1) is 10.6. The van der Waals surface area contributed by atoms with E-state index in [4.69, 9.17) is 21.1 Å². The molecule has 1 aliphatic heterocycles. The van der Waals surface area contributed by atoms with Gasteiger partial charge in [0.25, 0.3) is 0 Å². The van der Waals surface area contributed by atoms with Gasteiger partial charge in [0, 0.05) is 17.8 Å².